The highest BCUT2D eigenvalue weighted by Crippen LogP contribution is 2.31. The van der Waals surface area contributed by atoms with Gasteiger partial charge < -0.3 is 5.32 Å². The Morgan fingerprint density at radius 1 is 1.22 bits per heavy atom. The smallest absolute Gasteiger partial charge is 0.256 e. The molecule has 8 heteroatoms. The average Bonchev–Trinajstić information content (AvgIpc) is 3.27. The summed E-state index contributed by atoms with van der Waals surface area (Å²) in [5.41, 5.74) is 1.72. The van der Waals surface area contributed by atoms with E-state index < -0.39 is 10.0 Å². The molecule has 1 aromatic heterocycles. The van der Waals surface area contributed by atoms with Gasteiger partial charge in [-0.1, -0.05) is 12.8 Å². The molecule has 0 radical (unpaired) electrons. The van der Waals surface area contributed by atoms with Crippen molar-refractivity contribution >= 4 is 21.7 Å². The molecule has 1 aliphatic carbocycles. The van der Waals surface area contributed by atoms with Crippen LogP contribution in [0.1, 0.15) is 53.2 Å². The number of amides is 1. The van der Waals surface area contributed by atoms with Gasteiger partial charge >= 0.3 is 0 Å². The monoisotopic (exact) mass is 390 g/mol. The van der Waals surface area contributed by atoms with Crippen LogP contribution in [-0.2, 0) is 10.0 Å². The lowest BCUT2D eigenvalue weighted by molar-refractivity contribution is 0.102. The first-order valence-corrected chi connectivity index (χ1v) is 10.5. The minimum Gasteiger partial charge on any atom is -0.307 e. The highest BCUT2D eigenvalue weighted by atomic mass is 32.2. The van der Waals surface area contributed by atoms with Crippen LogP contribution in [0.4, 0.5) is 5.82 Å². The van der Waals surface area contributed by atoms with Crippen molar-refractivity contribution in [2.24, 2.45) is 0 Å². The lowest BCUT2D eigenvalue weighted by Gasteiger charge is -2.17. The SMILES string of the molecule is Cc1cc(C(=O)Nc2ccnn2C2CCCC2)cc(S(=O)(=O)N(C)C)c1C. The molecule has 1 saturated carbocycles. The summed E-state index contributed by atoms with van der Waals surface area (Å²) in [6.07, 6.45) is 6.12. The van der Waals surface area contributed by atoms with E-state index in [0.717, 1.165) is 22.7 Å². The van der Waals surface area contributed by atoms with Gasteiger partial charge in [0, 0.05) is 25.7 Å². The molecule has 1 fully saturated rings. The van der Waals surface area contributed by atoms with E-state index >= 15 is 0 Å². The molecule has 0 unspecified atom stereocenters. The molecule has 7 nitrogen and oxygen atoms in total. The predicted molar refractivity (Wildman–Crippen MR) is 104 cm³/mol. The van der Waals surface area contributed by atoms with Gasteiger partial charge in [-0.15, -0.1) is 0 Å². The number of hydrogen-bond donors (Lipinski definition) is 1. The molecule has 1 N–H and O–H groups in total. The Balaban J connectivity index is 1.92. The van der Waals surface area contributed by atoms with E-state index in [2.05, 4.69) is 10.4 Å². The summed E-state index contributed by atoms with van der Waals surface area (Å²) >= 11 is 0. The zero-order chi connectivity index (χ0) is 19.8. The maximum Gasteiger partial charge on any atom is 0.256 e. The molecule has 0 aliphatic heterocycles. The Morgan fingerprint density at radius 2 is 1.89 bits per heavy atom. The van der Waals surface area contributed by atoms with Gasteiger partial charge in [-0.05, 0) is 49.9 Å². The third-order valence-corrected chi connectivity index (χ3v) is 7.16. The number of hydrogen-bond acceptors (Lipinski definition) is 4. The van der Waals surface area contributed by atoms with Crippen molar-refractivity contribution in [3.8, 4) is 0 Å². The fourth-order valence-electron chi connectivity index (χ4n) is 3.46. The van der Waals surface area contributed by atoms with Crippen LogP contribution in [0.2, 0.25) is 0 Å². The molecular weight excluding hydrogens is 364 g/mol. The van der Waals surface area contributed by atoms with Crippen molar-refractivity contribution in [1.82, 2.24) is 14.1 Å². The lowest BCUT2D eigenvalue weighted by Crippen LogP contribution is -2.24. The highest BCUT2D eigenvalue weighted by Gasteiger charge is 2.24. The van der Waals surface area contributed by atoms with Gasteiger partial charge in [0.1, 0.15) is 5.82 Å². The van der Waals surface area contributed by atoms with Gasteiger partial charge in [0.05, 0.1) is 17.1 Å². The van der Waals surface area contributed by atoms with E-state index in [1.54, 1.807) is 25.3 Å². The number of rotatable bonds is 5. The summed E-state index contributed by atoms with van der Waals surface area (Å²) in [6.45, 7) is 3.56. The largest absolute Gasteiger partial charge is 0.307 e. The Labute approximate surface area is 160 Å². The summed E-state index contributed by atoms with van der Waals surface area (Å²) in [5.74, 6) is 0.301. The van der Waals surface area contributed by atoms with Crippen LogP contribution in [0.3, 0.4) is 0 Å². The first-order valence-electron chi connectivity index (χ1n) is 9.10. The van der Waals surface area contributed by atoms with Crippen molar-refractivity contribution in [2.75, 3.05) is 19.4 Å². The third-order valence-electron chi connectivity index (χ3n) is 5.22. The summed E-state index contributed by atoms with van der Waals surface area (Å²) in [7, 11) is -0.667. The highest BCUT2D eigenvalue weighted by molar-refractivity contribution is 7.89. The van der Waals surface area contributed by atoms with Crippen LogP contribution < -0.4 is 5.32 Å². The van der Waals surface area contributed by atoms with E-state index in [-0.39, 0.29) is 10.8 Å². The van der Waals surface area contributed by atoms with Crippen molar-refractivity contribution in [1.29, 1.82) is 0 Å². The molecule has 0 saturated heterocycles. The second-order valence-corrected chi connectivity index (χ2v) is 9.38. The van der Waals surface area contributed by atoms with E-state index in [1.165, 1.54) is 33.0 Å². The number of benzene rings is 1. The van der Waals surface area contributed by atoms with Crippen LogP contribution >= 0.6 is 0 Å². The molecular formula is C19H26N4O3S. The number of nitrogens with zero attached hydrogens (tertiary/aromatic N) is 3. The normalized spacial score (nSPS) is 15.4. The number of carbonyl (C=O) groups excluding carboxylic acids is 1. The van der Waals surface area contributed by atoms with E-state index in [9.17, 15) is 13.2 Å². The molecule has 0 spiro atoms. The molecule has 0 atom stereocenters. The number of carbonyl (C=O) groups is 1. The summed E-state index contributed by atoms with van der Waals surface area (Å²) in [5, 5.41) is 7.25. The topological polar surface area (TPSA) is 84.3 Å². The van der Waals surface area contributed by atoms with Crippen LogP contribution in [-0.4, -0.2) is 42.5 Å². The third kappa shape index (κ3) is 3.77. The predicted octanol–water partition coefficient (Wildman–Crippen LogP) is 3.12. The number of sulfonamides is 1. The first kappa shape index (κ1) is 19.6. The van der Waals surface area contributed by atoms with Crippen molar-refractivity contribution < 1.29 is 13.2 Å². The van der Waals surface area contributed by atoms with Crippen LogP contribution in [0.25, 0.3) is 0 Å². The van der Waals surface area contributed by atoms with Gasteiger partial charge in [-0.3, -0.25) is 4.79 Å². The van der Waals surface area contributed by atoms with Crippen molar-refractivity contribution in [3.05, 3.63) is 41.1 Å². The molecule has 2 aromatic rings. The second-order valence-electron chi connectivity index (χ2n) is 7.26. The fraction of sp³-hybridized carbons (Fsp3) is 0.474. The maximum absolute atomic E-state index is 12.8. The summed E-state index contributed by atoms with van der Waals surface area (Å²) < 4.78 is 28.2. The van der Waals surface area contributed by atoms with Crippen LogP contribution in [0.15, 0.2) is 29.3 Å². The van der Waals surface area contributed by atoms with Crippen LogP contribution in [0.5, 0.6) is 0 Å². The number of anilines is 1. The molecule has 1 heterocycles. The Kier molecular flexibility index (Phi) is 5.39. The van der Waals surface area contributed by atoms with Crippen molar-refractivity contribution in [3.63, 3.8) is 0 Å². The Hall–Kier alpha value is -2.19. The zero-order valence-electron chi connectivity index (χ0n) is 16.2. The molecule has 1 aliphatic rings. The summed E-state index contributed by atoms with van der Waals surface area (Å²) in [6, 6.07) is 5.24. The number of aromatic nitrogens is 2. The standard InChI is InChI=1S/C19H26N4O3S/c1-13-11-15(12-17(14(13)2)27(25,26)22(3)4)19(24)21-18-9-10-20-23(18)16-7-5-6-8-16/h9-12,16H,5-8H2,1-4H3,(H,21,24). The number of aryl methyl sites for hydroxylation is 1. The lowest BCUT2D eigenvalue weighted by atomic mass is 10.1. The summed E-state index contributed by atoms with van der Waals surface area (Å²) in [4.78, 5) is 13.0. The maximum atomic E-state index is 12.8. The van der Waals surface area contributed by atoms with E-state index in [0.29, 0.717) is 23.0 Å². The van der Waals surface area contributed by atoms with Gasteiger partial charge in [-0.2, -0.15) is 5.10 Å². The average molecular weight is 391 g/mol. The minimum absolute atomic E-state index is 0.155. The van der Waals surface area contributed by atoms with E-state index in [1.807, 2.05) is 11.6 Å². The van der Waals surface area contributed by atoms with Gasteiger partial charge in [0.15, 0.2) is 0 Å². The van der Waals surface area contributed by atoms with Gasteiger partial charge in [0.2, 0.25) is 10.0 Å². The molecule has 1 aromatic carbocycles. The molecule has 27 heavy (non-hydrogen) atoms. The first-order chi connectivity index (χ1) is 12.7. The minimum atomic E-state index is -3.63. The molecule has 146 valence electrons. The van der Waals surface area contributed by atoms with Gasteiger partial charge in [-0.25, -0.2) is 17.4 Å². The van der Waals surface area contributed by atoms with Gasteiger partial charge in [0.25, 0.3) is 5.91 Å². The number of nitrogens with one attached hydrogen (secondary N) is 1. The quantitative estimate of drug-likeness (QED) is 0.850. The molecule has 0 bridgehead atoms. The second kappa shape index (κ2) is 7.44. The molecule has 1 amide bonds. The fourth-order valence-corrected chi connectivity index (χ4v) is 4.68. The van der Waals surface area contributed by atoms with Crippen molar-refractivity contribution in [2.45, 2.75) is 50.5 Å². The van der Waals surface area contributed by atoms with Crippen LogP contribution in [0, 0.1) is 13.8 Å². The molecule has 3 rings (SSSR count). The Morgan fingerprint density at radius 3 is 2.52 bits per heavy atom. The van der Waals surface area contributed by atoms with E-state index in [4.69, 9.17) is 0 Å². The zero-order valence-corrected chi connectivity index (χ0v) is 17.0. The Bertz CT molecular complexity index is 957.